The minimum atomic E-state index is -2.90. The Hall–Kier alpha value is -0.810. The number of nitrogens with one attached hydrogen (secondary N) is 1. The lowest BCUT2D eigenvalue weighted by Gasteiger charge is -2.14. The third kappa shape index (κ3) is 5.32. The zero-order chi connectivity index (χ0) is 12.2. The molecule has 0 spiro atoms. The van der Waals surface area contributed by atoms with Gasteiger partial charge in [-0.05, 0) is 25.5 Å². The number of hydrogen-bond donors (Lipinski definition) is 1. The normalized spacial score (nSPS) is 13.4. The van der Waals surface area contributed by atoms with E-state index in [0.29, 0.717) is 11.6 Å². The van der Waals surface area contributed by atoms with Crippen LogP contribution in [0.15, 0.2) is 18.3 Å². The number of halogens is 1. The largest absolute Gasteiger partial charge is 0.382 e. The SMILES string of the molecule is CC(CCS(C)(=O)=O)Nc1ccnc(Cl)c1. The van der Waals surface area contributed by atoms with Crippen molar-refractivity contribution in [2.75, 3.05) is 17.3 Å². The summed E-state index contributed by atoms with van der Waals surface area (Å²) in [4.78, 5) is 3.86. The predicted octanol–water partition coefficient (Wildman–Crippen LogP) is 1.97. The third-order valence-electron chi connectivity index (χ3n) is 2.06. The van der Waals surface area contributed by atoms with E-state index < -0.39 is 9.84 Å². The van der Waals surface area contributed by atoms with Crippen LogP contribution in [0.3, 0.4) is 0 Å². The average molecular weight is 263 g/mol. The summed E-state index contributed by atoms with van der Waals surface area (Å²) in [5, 5.41) is 3.58. The van der Waals surface area contributed by atoms with Crippen molar-refractivity contribution in [3.05, 3.63) is 23.5 Å². The summed E-state index contributed by atoms with van der Waals surface area (Å²) in [6, 6.07) is 3.58. The van der Waals surface area contributed by atoms with Crippen LogP contribution in [0, 0.1) is 0 Å². The van der Waals surface area contributed by atoms with Crippen molar-refractivity contribution in [2.45, 2.75) is 19.4 Å². The van der Waals surface area contributed by atoms with E-state index in [1.54, 1.807) is 18.3 Å². The smallest absolute Gasteiger partial charge is 0.147 e. The number of pyridine rings is 1. The molecule has 1 rings (SSSR count). The van der Waals surface area contributed by atoms with E-state index >= 15 is 0 Å². The summed E-state index contributed by atoms with van der Waals surface area (Å²) in [5.41, 5.74) is 0.848. The molecule has 0 aliphatic carbocycles. The summed E-state index contributed by atoms with van der Waals surface area (Å²) in [6.07, 6.45) is 3.41. The van der Waals surface area contributed by atoms with Crippen molar-refractivity contribution in [1.29, 1.82) is 0 Å². The van der Waals surface area contributed by atoms with E-state index in [9.17, 15) is 8.42 Å². The van der Waals surface area contributed by atoms with E-state index in [-0.39, 0.29) is 11.8 Å². The average Bonchev–Trinajstić information content (AvgIpc) is 2.14. The first-order valence-electron chi connectivity index (χ1n) is 4.92. The first-order chi connectivity index (χ1) is 7.37. The molecule has 1 atom stereocenters. The van der Waals surface area contributed by atoms with Crippen LogP contribution < -0.4 is 5.32 Å². The van der Waals surface area contributed by atoms with Crippen molar-refractivity contribution < 1.29 is 8.42 Å². The van der Waals surface area contributed by atoms with Gasteiger partial charge in [0.1, 0.15) is 15.0 Å². The van der Waals surface area contributed by atoms with Crippen molar-refractivity contribution in [2.24, 2.45) is 0 Å². The molecule has 0 saturated heterocycles. The number of nitrogens with zero attached hydrogens (tertiary/aromatic N) is 1. The molecule has 0 aliphatic rings. The minimum absolute atomic E-state index is 0.0770. The van der Waals surface area contributed by atoms with Gasteiger partial charge in [-0.25, -0.2) is 13.4 Å². The number of anilines is 1. The third-order valence-corrected chi connectivity index (χ3v) is 3.25. The van der Waals surface area contributed by atoms with E-state index in [4.69, 9.17) is 11.6 Å². The molecule has 4 nitrogen and oxygen atoms in total. The lowest BCUT2D eigenvalue weighted by atomic mass is 10.2. The zero-order valence-corrected chi connectivity index (χ0v) is 10.8. The molecular weight excluding hydrogens is 248 g/mol. The Morgan fingerprint density at radius 1 is 1.56 bits per heavy atom. The Bertz CT molecular complexity index is 448. The molecule has 0 radical (unpaired) electrons. The number of rotatable bonds is 5. The van der Waals surface area contributed by atoms with Crippen LogP contribution in [0.4, 0.5) is 5.69 Å². The van der Waals surface area contributed by atoms with Gasteiger partial charge in [0.25, 0.3) is 0 Å². The van der Waals surface area contributed by atoms with Crippen LogP contribution in [0.5, 0.6) is 0 Å². The van der Waals surface area contributed by atoms with Crippen LogP contribution in [0.25, 0.3) is 0 Å². The Morgan fingerprint density at radius 2 is 2.25 bits per heavy atom. The highest BCUT2D eigenvalue weighted by Gasteiger charge is 2.07. The molecule has 0 aromatic carbocycles. The Morgan fingerprint density at radius 3 is 2.81 bits per heavy atom. The van der Waals surface area contributed by atoms with E-state index in [2.05, 4.69) is 10.3 Å². The molecule has 16 heavy (non-hydrogen) atoms. The van der Waals surface area contributed by atoms with Crippen LogP contribution in [-0.4, -0.2) is 31.5 Å². The van der Waals surface area contributed by atoms with E-state index in [0.717, 1.165) is 5.69 Å². The molecule has 6 heteroatoms. The Labute approximate surface area is 101 Å². The lowest BCUT2D eigenvalue weighted by molar-refractivity contribution is 0.595. The second-order valence-corrected chi connectivity index (χ2v) is 6.48. The highest BCUT2D eigenvalue weighted by molar-refractivity contribution is 7.90. The highest BCUT2D eigenvalue weighted by atomic mass is 35.5. The quantitative estimate of drug-likeness (QED) is 0.825. The van der Waals surface area contributed by atoms with Crippen LogP contribution in [0.1, 0.15) is 13.3 Å². The van der Waals surface area contributed by atoms with Crippen molar-refractivity contribution in [3.63, 3.8) is 0 Å². The van der Waals surface area contributed by atoms with Crippen LogP contribution >= 0.6 is 11.6 Å². The van der Waals surface area contributed by atoms with Gasteiger partial charge in [-0.3, -0.25) is 0 Å². The van der Waals surface area contributed by atoms with Gasteiger partial charge in [0.15, 0.2) is 0 Å². The van der Waals surface area contributed by atoms with Crippen LogP contribution in [-0.2, 0) is 9.84 Å². The molecule has 0 bridgehead atoms. The zero-order valence-electron chi connectivity index (χ0n) is 9.27. The minimum Gasteiger partial charge on any atom is -0.382 e. The van der Waals surface area contributed by atoms with E-state index in [1.165, 1.54) is 6.26 Å². The molecule has 0 amide bonds. The molecular formula is C10H15ClN2O2S. The van der Waals surface area contributed by atoms with Crippen LogP contribution in [0.2, 0.25) is 5.15 Å². The first-order valence-corrected chi connectivity index (χ1v) is 7.36. The summed E-state index contributed by atoms with van der Waals surface area (Å²) in [6.45, 7) is 1.93. The maximum Gasteiger partial charge on any atom is 0.147 e. The van der Waals surface area contributed by atoms with E-state index in [1.807, 2.05) is 6.92 Å². The molecule has 0 saturated carbocycles. The molecule has 1 aromatic heterocycles. The van der Waals surface area contributed by atoms with Crippen molar-refractivity contribution in [3.8, 4) is 0 Å². The van der Waals surface area contributed by atoms with Crippen molar-refractivity contribution in [1.82, 2.24) is 4.98 Å². The predicted molar refractivity (Wildman–Crippen MR) is 66.7 cm³/mol. The second kappa shape index (κ2) is 5.50. The fourth-order valence-corrected chi connectivity index (χ4v) is 2.20. The summed E-state index contributed by atoms with van der Waals surface area (Å²) < 4.78 is 22.0. The number of hydrogen-bond acceptors (Lipinski definition) is 4. The van der Waals surface area contributed by atoms with Crippen molar-refractivity contribution >= 4 is 27.1 Å². The highest BCUT2D eigenvalue weighted by Crippen LogP contribution is 2.13. The van der Waals surface area contributed by atoms with Gasteiger partial charge in [-0.1, -0.05) is 11.6 Å². The van der Waals surface area contributed by atoms with Gasteiger partial charge in [-0.15, -0.1) is 0 Å². The topological polar surface area (TPSA) is 59.1 Å². The monoisotopic (exact) mass is 262 g/mol. The van der Waals surface area contributed by atoms with Gasteiger partial charge >= 0.3 is 0 Å². The van der Waals surface area contributed by atoms with Gasteiger partial charge < -0.3 is 5.32 Å². The maximum absolute atomic E-state index is 11.0. The summed E-state index contributed by atoms with van der Waals surface area (Å²) in [7, 11) is -2.90. The van der Waals surface area contributed by atoms with Gasteiger partial charge in [0.05, 0.1) is 5.75 Å². The van der Waals surface area contributed by atoms with Gasteiger partial charge in [0, 0.05) is 24.2 Å². The lowest BCUT2D eigenvalue weighted by Crippen LogP contribution is -2.19. The number of aromatic nitrogens is 1. The molecule has 1 aromatic rings. The maximum atomic E-state index is 11.0. The Kier molecular flexibility index (Phi) is 4.56. The molecule has 1 N–H and O–H groups in total. The molecule has 1 heterocycles. The summed E-state index contributed by atoms with van der Waals surface area (Å²) >= 11 is 5.73. The standard InChI is InChI=1S/C10H15ClN2O2S/c1-8(4-6-16(2,14)15)13-9-3-5-12-10(11)7-9/h3,5,7-8H,4,6H2,1-2H3,(H,12,13). The molecule has 0 aliphatic heterocycles. The Balaban J connectivity index is 2.49. The number of sulfone groups is 1. The second-order valence-electron chi connectivity index (χ2n) is 3.83. The molecule has 90 valence electrons. The van der Waals surface area contributed by atoms with Gasteiger partial charge in [-0.2, -0.15) is 0 Å². The molecule has 0 fully saturated rings. The fourth-order valence-electron chi connectivity index (χ4n) is 1.24. The molecule has 1 unspecified atom stereocenters. The summed E-state index contributed by atoms with van der Waals surface area (Å²) in [5.74, 6) is 0.181. The van der Waals surface area contributed by atoms with Gasteiger partial charge in [0.2, 0.25) is 0 Å². The first kappa shape index (κ1) is 13.3. The fraction of sp³-hybridized carbons (Fsp3) is 0.500.